The highest BCUT2D eigenvalue weighted by Gasteiger charge is 2.06. The first-order valence-corrected chi connectivity index (χ1v) is 9.82. The first-order chi connectivity index (χ1) is 13.7. The molecule has 3 N–H and O–H groups in total. The van der Waals surface area contributed by atoms with Crippen LogP contribution in [0.1, 0.15) is 37.9 Å². The predicted octanol–water partition coefficient (Wildman–Crippen LogP) is 4.28. The number of halogens is 2. The predicted molar refractivity (Wildman–Crippen MR) is 127 cm³/mol. The van der Waals surface area contributed by atoms with Crippen LogP contribution in [0, 0.1) is 5.82 Å². The molecule has 1 atom stereocenters. The summed E-state index contributed by atoms with van der Waals surface area (Å²) >= 11 is 0. The zero-order valence-electron chi connectivity index (χ0n) is 16.8. The van der Waals surface area contributed by atoms with E-state index in [1.54, 1.807) is 12.1 Å². The summed E-state index contributed by atoms with van der Waals surface area (Å²) in [4.78, 5) is 4.55. The molecule has 0 spiro atoms. The summed E-state index contributed by atoms with van der Waals surface area (Å²) in [6.07, 6.45) is 1.89. The third kappa shape index (κ3) is 10.5. The van der Waals surface area contributed by atoms with E-state index in [0.29, 0.717) is 31.9 Å². The van der Waals surface area contributed by atoms with Crippen LogP contribution in [0.25, 0.3) is 0 Å². The second-order valence-corrected chi connectivity index (χ2v) is 6.41. The minimum absolute atomic E-state index is 0. The number of aliphatic imine (C=N–C) groups is 1. The van der Waals surface area contributed by atoms with Crippen LogP contribution in [0.5, 0.6) is 5.75 Å². The fourth-order valence-electron chi connectivity index (χ4n) is 2.64. The quantitative estimate of drug-likeness (QED) is 0.181. The van der Waals surface area contributed by atoms with Crippen molar-refractivity contribution in [3.8, 4) is 5.75 Å². The van der Waals surface area contributed by atoms with Crippen LogP contribution >= 0.6 is 24.0 Å². The molecule has 29 heavy (non-hydrogen) atoms. The van der Waals surface area contributed by atoms with Gasteiger partial charge in [-0.2, -0.15) is 0 Å². The molecule has 2 aromatic rings. The highest BCUT2D eigenvalue weighted by atomic mass is 127. The monoisotopic (exact) mass is 515 g/mol. The highest BCUT2D eigenvalue weighted by molar-refractivity contribution is 14.0. The lowest BCUT2D eigenvalue weighted by Gasteiger charge is -2.14. The van der Waals surface area contributed by atoms with Gasteiger partial charge in [-0.05, 0) is 56.0 Å². The van der Waals surface area contributed by atoms with E-state index in [0.717, 1.165) is 30.9 Å². The minimum atomic E-state index is -0.486. The lowest BCUT2D eigenvalue weighted by molar-refractivity contribution is 0.168. The molecule has 160 valence electrons. The number of aliphatic hydroxyl groups is 1. The third-order valence-electron chi connectivity index (χ3n) is 4.14. The van der Waals surface area contributed by atoms with Gasteiger partial charge in [-0.15, -0.1) is 24.0 Å². The number of nitrogens with zero attached hydrogens (tertiary/aromatic N) is 1. The Kier molecular flexibility index (Phi) is 13.0. The van der Waals surface area contributed by atoms with Crippen molar-refractivity contribution < 1.29 is 14.2 Å². The molecule has 5 nitrogen and oxygen atoms in total. The number of rotatable bonds is 11. The molecular weight excluding hydrogens is 484 g/mol. The normalized spacial score (nSPS) is 12.0. The molecule has 0 aliphatic carbocycles. The Bertz CT molecular complexity index is 699. The maximum absolute atomic E-state index is 12.8. The van der Waals surface area contributed by atoms with E-state index in [2.05, 4.69) is 15.6 Å². The molecule has 0 heterocycles. The zero-order valence-corrected chi connectivity index (χ0v) is 19.1. The van der Waals surface area contributed by atoms with Gasteiger partial charge in [0, 0.05) is 19.6 Å². The van der Waals surface area contributed by atoms with Crippen LogP contribution in [-0.2, 0) is 0 Å². The van der Waals surface area contributed by atoms with Gasteiger partial charge in [0.2, 0.25) is 0 Å². The number of benzene rings is 2. The molecule has 7 heteroatoms. The van der Waals surface area contributed by atoms with E-state index in [4.69, 9.17) is 4.74 Å². The van der Waals surface area contributed by atoms with Crippen molar-refractivity contribution in [2.24, 2.45) is 4.99 Å². The number of guanidine groups is 1. The Morgan fingerprint density at radius 2 is 1.79 bits per heavy atom. The third-order valence-corrected chi connectivity index (χ3v) is 4.14. The Morgan fingerprint density at radius 3 is 2.48 bits per heavy atom. The average Bonchev–Trinajstić information content (AvgIpc) is 2.72. The summed E-state index contributed by atoms with van der Waals surface area (Å²) in [6, 6.07) is 15.7. The summed E-state index contributed by atoms with van der Waals surface area (Å²) in [6.45, 7) is 4.70. The molecule has 0 saturated carbocycles. The van der Waals surface area contributed by atoms with Gasteiger partial charge in [-0.3, -0.25) is 4.99 Å². The van der Waals surface area contributed by atoms with Gasteiger partial charge in [-0.25, -0.2) is 4.39 Å². The highest BCUT2D eigenvalue weighted by Crippen LogP contribution is 2.14. The van der Waals surface area contributed by atoms with Gasteiger partial charge < -0.3 is 20.5 Å². The molecule has 0 saturated heterocycles. The van der Waals surface area contributed by atoms with Crippen LogP contribution in [0.4, 0.5) is 4.39 Å². The van der Waals surface area contributed by atoms with Crippen LogP contribution in [-0.4, -0.2) is 37.3 Å². The Balaban J connectivity index is 0.00000420. The number of unbranched alkanes of at least 4 members (excludes halogenated alkanes) is 1. The Hall–Kier alpha value is -1.87. The van der Waals surface area contributed by atoms with E-state index in [1.807, 2.05) is 37.3 Å². The van der Waals surface area contributed by atoms with Crippen molar-refractivity contribution >= 4 is 29.9 Å². The maximum Gasteiger partial charge on any atom is 0.191 e. The number of nitrogens with one attached hydrogen (secondary N) is 2. The minimum Gasteiger partial charge on any atom is -0.494 e. The van der Waals surface area contributed by atoms with Gasteiger partial charge in [0.05, 0.1) is 12.7 Å². The first-order valence-electron chi connectivity index (χ1n) is 9.82. The summed E-state index contributed by atoms with van der Waals surface area (Å²) in [5.74, 6) is 1.17. The lowest BCUT2D eigenvalue weighted by Crippen LogP contribution is -2.38. The number of aliphatic hydroxyl groups excluding tert-OH is 1. The number of ether oxygens (including phenoxy) is 1. The molecule has 0 bridgehead atoms. The van der Waals surface area contributed by atoms with Crippen molar-refractivity contribution in [2.45, 2.75) is 32.3 Å². The number of hydrogen-bond donors (Lipinski definition) is 3. The van der Waals surface area contributed by atoms with E-state index in [-0.39, 0.29) is 29.8 Å². The largest absolute Gasteiger partial charge is 0.494 e. The number of hydrogen-bond acceptors (Lipinski definition) is 3. The zero-order chi connectivity index (χ0) is 20.0. The van der Waals surface area contributed by atoms with E-state index in [1.165, 1.54) is 12.1 Å². The Morgan fingerprint density at radius 1 is 1.07 bits per heavy atom. The molecule has 1 unspecified atom stereocenters. The Labute approximate surface area is 189 Å². The van der Waals surface area contributed by atoms with Crippen LogP contribution in [0.15, 0.2) is 59.6 Å². The smallest absolute Gasteiger partial charge is 0.191 e. The standard InChI is InChI=1S/C22H30FN3O2.HI/c1-2-24-22(26-16-14-21(27)18-8-4-3-5-9-18)25-15-6-7-17-28-20-12-10-19(23)11-13-20;/h3-5,8-13,21,27H,2,6-7,14-17H2,1H3,(H2,24,25,26);1H. The summed E-state index contributed by atoms with van der Waals surface area (Å²) in [5, 5.41) is 16.7. The lowest BCUT2D eigenvalue weighted by atomic mass is 10.1. The maximum atomic E-state index is 12.8. The van der Waals surface area contributed by atoms with Crippen molar-refractivity contribution in [2.75, 3.05) is 26.2 Å². The molecule has 2 rings (SSSR count). The van der Waals surface area contributed by atoms with Gasteiger partial charge in [-0.1, -0.05) is 30.3 Å². The molecule has 0 fully saturated rings. The van der Waals surface area contributed by atoms with Crippen LogP contribution < -0.4 is 15.4 Å². The van der Waals surface area contributed by atoms with E-state index >= 15 is 0 Å². The molecule has 0 amide bonds. The van der Waals surface area contributed by atoms with Gasteiger partial charge >= 0.3 is 0 Å². The fraction of sp³-hybridized carbons (Fsp3) is 0.409. The topological polar surface area (TPSA) is 65.9 Å². The SMILES string of the molecule is CCNC(=NCCCCOc1ccc(F)cc1)NCCC(O)c1ccccc1.I. The molecule has 0 aliphatic rings. The van der Waals surface area contributed by atoms with E-state index < -0.39 is 6.10 Å². The second-order valence-electron chi connectivity index (χ2n) is 6.41. The van der Waals surface area contributed by atoms with Crippen molar-refractivity contribution in [3.63, 3.8) is 0 Å². The molecule has 0 aromatic heterocycles. The van der Waals surface area contributed by atoms with Gasteiger partial charge in [0.25, 0.3) is 0 Å². The molecule has 0 aliphatic heterocycles. The molecule has 0 radical (unpaired) electrons. The molecular formula is C22H31FIN3O2. The van der Waals surface area contributed by atoms with Gasteiger partial charge in [0.1, 0.15) is 11.6 Å². The first kappa shape index (κ1) is 25.2. The van der Waals surface area contributed by atoms with Crippen LogP contribution in [0.2, 0.25) is 0 Å². The second kappa shape index (κ2) is 15.0. The summed E-state index contributed by atoms with van der Waals surface area (Å²) in [5.41, 5.74) is 0.924. The van der Waals surface area contributed by atoms with Gasteiger partial charge in [0.15, 0.2) is 5.96 Å². The van der Waals surface area contributed by atoms with Crippen molar-refractivity contribution in [3.05, 3.63) is 66.0 Å². The van der Waals surface area contributed by atoms with Crippen molar-refractivity contribution in [1.82, 2.24) is 10.6 Å². The van der Waals surface area contributed by atoms with Crippen LogP contribution in [0.3, 0.4) is 0 Å². The summed E-state index contributed by atoms with van der Waals surface area (Å²) in [7, 11) is 0. The van der Waals surface area contributed by atoms with Crippen molar-refractivity contribution in [1.29, 1.82) is 0 Å². The average molecular weight is 515 g/mol. The fourth-order valence-corrected chi connectivity index (χ4v) is 2.64. The summed E-state index contributed by atoms with van der Waals surface area (Å²) < 4.78 is 18.4. The van der Waals surface area contributed by atoms with E-state index in [9.17, 15) is 9.50 Å². The molecule has 2 aromatic carbocycles.